The maximum atomic E-state index is 5.87. The molecule has 2 heterocycles. The van der Waals surface area contributed by atoms with E-state index >= 15 is 0 Å². The average molecular weight is 253 g/mol. The van der Waals surface area contributed by atoms with E-state index in [1.807, 2.05) is 12.1 Å². The van der Waals surface area contributed by atoms with Gasteiger partial charge in [0, 0.05) is 10.6 Å². The van der Waals surface area contributed by atoms with Crippen LogP contribution in [0.1, 0.15) is 0 Å². The largest absolute Gasteiger partial charge is 0.325 e. The summed E-state index contributed by atoms with van der Waals surface area (Å²) in [4.78, 5) is 0. The number of nitrogens with zero attached hydrogens (tertiary/aromatic N) is 1. The van der Waals surface area contributed by atoms with Gasteiger partial charge in [0.25, 0.3) is 0 Å². The van der Waals surface area contributed by atoms with Gasteiger partial charge in [-0.05, 0) is 24.3 Å². The number of thiazole rings is 2. The third-order valence-electron chi connectivity index (χ3n) is 2.25. The van der Waals surface area contributed by atoms with Gasteiger partial charge in [-0.2, -0.15) is 0 Å². The molecule has 0 fully saturated rings. The van der Waals surface area contributed by atoms with Gasteiger partial charge in [-0.25, -0.2) is 0 Å². The molecule has 0 radical (unpaired) electrons. The molecule has 0 aliphatic rings. The molecule has 4 heteroatoms. The molecular formula is C11H7ClNS2+. The van der Waals surface area contributed by atoms with Crippen LogP contribution in [0.15, 0.2) is 41.2 Å². The maximum absolute atomic E-state index is 5.87. The highest BCUT2D eigenvalue weighted by Crippen LogP contribution is 2.24. The Balaban J connectivity index is 2.21. The number of fused-ring (bicyclic) bond motifs is 1. The molecule has 0 N–H and O–H groups in total. The molecule has 3 rings (SSSR count). The second kappa shape index (κ2) is 3.59. The van der Waals surface area contributed by atoms with Gasteiger partial charge in [0.1, 0.15) is 0 Å². The van der Waals surface area contributed by atoms with Crippen molar-refractivity contribution in [3.05, 3.63) is 46.2 Å². The van der Waals surface area contributed by atoms with Crippen LogP contribution in [0.3, 0.4) is 0 Å². The minimum absolute atomic E-state index is 0.778. The predicted molar refractivity (Wildman–Crippen MR) is 65.8 cm³/mol. The first-order valence-corrected chi connectivity index (χ1v) is 6.60. The van der Waals surface area contributed by atoms with Gasteiger partial charge >= 0.3 is 4.14 Å². The summed E-state index contributed by atoms with van der Waals surface area (Å²) in [7, 11) is 0. The Hall–Kier alpha value is -0.900. The Labute approximate surface area is 100 Å². The fraction of sp³-hybridized carbons (Fsp3) is 0. The number of benzene rings is 1. The van der Waals surface area contributed by atoms with Gasteiger partial charge in [-0.15, -0.1) is 4.40 Å². The maximum Gasteiger partial charge on any atom is 0.325 e. The van der Waals surface area contributed by atoms with E-state index in [0.29, 0.717) is 0 Å². The molecule has 0 amide bonds. The van der Waals surface area contributed by atoms with E-state index in [2.05, 4.69) is 33.5 Å². The lowest BCUT2D eigenvalue weighted by atomic mass is 10.2. The summed E-state index contributed by atoms with van der Waals surface area (Å²) < 4.78 is 3.51. The van der Waals surface area contributed by atoms with Crippen molar-refractivity contribution in [2.45, 2.75) is 0 Å². The molecule has 3 aromatic rings. The number of aromatic nitrogens is 1. The van der Waals surface area contributed by atoms with Crippen molar-refractivity contribution in [3.63, 3.8) is 0 Å². The van der Waals surface area contributed by atoms with E-state index in [4.69, 9.17) is 11.6 Å². The van der Waals surface area contributed by atoms with Crippen LogP contribution in [0.2, 0.25) is 5.02 Å². The molecule has 15 heavy (non-hydrogen) atoms. The number of hydrogen-bond acceptors (Lipinski definition) is 2. The van der Waals surface area contributed by atoms with Crippen LogP contribution in [-0.4, -0.2) is 0 Å². The average Bonchev–Trinajstić information content (AvgIpc) is 2.80. The van der Waals surface area contributed by atoms with Gasteiger partial charge in [0.15, 0.2) is 6.20 Å². The summed E-state index contributed by atoms with van der Waals surface area (Å²) in [5, 5.41) is 5.06. The summed E-state index contributed by atoms with van der Waals surface area (Å²) in [6.45, 7) is 0. The van der Waals surface area contributed by atoms with Crippen LogP contribution in [0, 0.1) is 0 Å². The molecule has 0 aliphatic carbocycles. The SMILES string of the molecule is Clc1ccc(-c2csc3scc[n+]23)cc1. The third kappa shape index (κ3) is 1.57. The highest BCUT2D eigenvalue weighted by Gasteiger charge is 2.15. The van der Waals surface area contributed by atoms with Crippen molar-refractivity contribution >= 4 is 38.4 Å². The number of halogens is 1. The minimum atomic E-state index is 0.778. The molecule has 0 spiro atoms. The molecular weight excluding hydrogens is 246 g/mol. The first-order valence-electron chi connectivity index (χ1n) is 4.47. The first kappa shape index (κ1) is 9.33. The van der Waals surface area contributed by atoms with Gasteiger partial charge in [0.2, 0.25) is 5.69 Å². The molecule has 2 aromatic heterocycles. The molecule has 0 saturated heterocycles. The van der Waals surface area contributed by atoms with E-state index in [1.165, 1.54) is 15.4 Å². The van der Waals surface area contributed by atoms with Crippen molar-refractivity contribution in [1.82, 2.24) is 0 Å². The lowest BCUT2D eigenvalue weighted by Crippen LogP contribution is -2.16. The van der Waals surface area contributed by atoms with Gasteiger partial charge < -0.3 is 0 Å². The fourth-order valence-electron chi connectivity index (χ4n) is 1.52. The fourth-order valence-corrected chi connectivity index (χ4v) is 3.49. The molecule has 1 aromatic carbocycles. The summed E-state index contributed by atoms with van der Waals surface area (Å²) in [6, 6.07) is 7.95. The van der Waals surface area contributed by atoms with E-state index in [0.717, 1.165) is 5.02 Å². The van der Waals surface area contributed by atoms with Gasteiger partial charge in [-0.1, -0.05) is 34.3 Å². The molecule has 0 atom stereocenters. The van der Waals surface area contributed by atoms with Gasteiger partial charge in [-0.3, -0.25) is 0 Å². The predicted octanol–water partition coefficient (Wildman–Crippen LogP) is 3.87. The highest BCUT2D eigenvalue weighted by molar-refractivity contribution is 7.34. The van der Waals surface area contributed by atoms with Crippen molar-refractivity contribution < 1.29 is 4.40 Å². The molecule has 0 saturated carbocycles. The second-order valence-electron chi connectivity index (χ2n) is 3.17. The van der Waals surface area contributed by atoms with Crippen LogP contribution in [0.4, 0.5) is 0 Å². The first-order chi connectivity index (χ1) is 7.34. The van der Waals surface area contributed by atoms with Crippen LogP contribution >= 0.6 is 34.3 Å². The number of rotatable bonds is 1. The monoisotopic (exact) mass is 252 g/mol. The summed E-state index contributed by atoms with van der Waals surface area (Å²) in [5.41, 5.74) is 2.43. The van der Waals surface area contributed by atoms with E-state index in [-0.39, 0.29) is 0 Å². The second-order valence-corrected chi connectivity index (χ2v) is 5.61. The van der Waals surface area contributed by atoms with Crippen LogP contribution in [-0.2, 0) is 0 Å². The lowest BCUT2D eigenvalue weighted by molar-refractivity contribution is -0.490. The Morgan fingerprint density at radius 1 is 1.07 bits per heavy atom. The van der Waals surface area contributed by atoms with E-state index in [9.17, 15) is 0 Å². The van der Waals surface area contributed by atoms with E-state index in [1.54, 1.807) is 22.7 Å². The molecule has 74 valence electrons. The summed E-state index contributed by atoms with van der Waals surface area (Å²) in [6.07, 6.45) is 2.10. The zero-order valence-electron chi connectivity index (χ0n) is 7.68. The Morgan fingerprint density at radius 2 is 1.87 bits per heavy atom. The Bertz CT molecular complexity index is 594. The van der Waals surface area contributed by atoms with Crippen molar-refractivity contribution in [2.24, 2.45) is 0 Å². The van der Waals surface area contributed by atoms with Crippen molar-refractivity contribution in [2.75, 3.05) is 0 Å². The molecule has 0 bridgehead atoms. The normalized spacial score (nSPS) is 11.0. The van der Waals surface area contributed by atoms with Gasteiger partial charge in [0.05, 0.1) is 10.8 Å². The highest BCUT2D eigenvalue weighted by atomic mass is 35.5. The molecule has 1 nitrogen and oxygen atoms in total. The van der Waals surface area contributed by atoms with Crippen molar-refractivity contribution in [3.8, 4) is 11.3 Å². The minimum Gasteiger partial charge on any atom is -0.140 e. The topological polar surface area (TPSA) is 4.10 Å². The molecule has 0 aliphatic heterocycles. The van der Waals surface area contributed by atoms with Crippen LogP contribution < -0.4 is 4.40 Å². The van der Waals surface area contributed by atoms with Crippen molar-refractivity contribution in [1.29, 1.82) is 0 Å². The number of hydrogen-bond donors (Lipinski definition) is 0. The summed E-state index contributed by atoms with van der Waals surface area (Å²) >= 11 is 9.40. The zero-order chi connectivity index (χ0) is 10.3. The zero-order valence-corrected chi connectivity index (χ0v) is 10.1. The Morgan fingerprint density at radius 3 is 2.67 bits per heavy atom. The summed E-state index contributed by atoms with van der Waals surface area (Å²) in [5.74, 6) is 0. The van der Waals surface area contributed by atoms with Crippen LogP contribution in [0.25, 0.3) is 15.4 Å². The quantitative estimate of drug-likeness (QED) is 0.579. The standard InChI is InChI=1S/C11H7ClNS2/c12-9-3-1-8(2-4-9)10-7-15-11-13(10)5-6-14-11/h1-7H/q+1. The van der Waals surface area contributed by atoms with Crippen LogP contribution in [0.5, 0.6) is 0 Å². The lowest BCUT2D eigenvalue weighted by Gasteiger charge is -1.92. The Kier molecular flexibility index (Phi) is 2.24. The third-order valence-corrected chi connectivity index (χ3v) is 4.47. The smallest absolute Gasteiger partial charge is 0.140 e. The molecule has 0 unspecified atom stereocenters. The van der Waals surface area contributed by atoms with E-state index < -0.39 is 0 Å².